The number of benzene rings is 1. The van der Waals surface area contributed by atoms with Crippen molar-refractivity contribution < 1.29 is 19.4 Å². The van der Waals surface area contributed by atoms with Crippen LogP contribution in [-0.4, -0.2) is 33.6 Å². The van der Waals surface area contributed by atoms with Gasteiger partial charge < -0.3 is 24.3 Å². The summed E-state index contributed by atoms with van der Waals surface area (Å²) in [7, 11) is 0. The molecule has 0 bridgehead atoms. The first-order chi connectivity index (χ1) is 12.2. The molecule has 0 unspecified atom stereocenters. The molecular formula is C18H19N3O4. The van der Waals surface area contributed by atoms with Gasteiger partial charge in [0.1, 0.15) is 11.5 Å². The monoisotopic (exact) mass is 341 g/mol. The number of aromatic nitrogens is 2. The number of rotatable bonds is 7. The molecular weight excluding hydrogens is 322 g/mol. The van der Waals surface area contributed by atoms with E-state index >= 15 is 0 Å². The van der Waals surface area contributed by atoms with Gasteiger partial charge >= 0.3 is 0 Å². The van der Waals surface area contributed by atoms with Crippen molar-refractivity contribution in [1.82, 2.24) is 14.7 Å². The summed E-state index contributed by atoms with van der Waals surface area (Å²) < 4.78 is 12.5. The third-order valence-corrected chi connectivity index (χ3v) is 3.48. The van der Waals surface area contributed by atoms with E-state index in [1.807, 2.05) is 6.92 Å². The Morgan fingerprint density at radius 2 is 1.92 bits per heavy atom. The van der Waals surface area contributed by atoms with E-state index in [9.17, 15) is 9.90 Å². The lowest BCUT2D eigenvalue weighted by molar-refractivity contribution is -0.123. The number of amides is 1. The van der Waals surface area contributed by atoms with Gasteiger partial charge in [-0.05, 0) is 43.3 Å². The molecule has 2 N–H and O–H groups in total. The average molecular weight is 341 g/mol. The van der Waals surface area contributed by atoms with Crippen molar-refractivity contribution in [3.8, 4) is 17.2 Å². The van der Waals surface area contributed by atoms with Gasteiger partial charge in [0.15, 0.2) is 18.0 Å². The van der Waals surface area contributed by atoms with Gasteiger partial charge in [-0.15, -0.1) is 0 Å². The van der Waals surface area contributed by atoms with E-state index in [0.29, 0.717) is 23.7 Å². The maximum Gasteiger partial charge on any atom is 0.258 e. The largest absolute Gasteiger partial charge is 0.504 e. The zero-order chi connectivity index (χ0) is 17.6. The van der Waals surface area contributed by atoms with E-state index in [1.165, 1.54) is 0 Å². The van der Waals surface area contributed by atoms with Crippen LogP contribution >= 0.6 is 0 Å². The first kappa shape index (κ1) is 16.6. The summed E-state index contributed by atoms with van der Waals surface area (Å²) in [6, 6.07) is 10.4. The fourth-order valence-corrected chi connectivity index (χ4v) is 2.32. The van der Waals surface area contributed by atoms with Crippen molar-refractivity contribution in [2.45, 2.75) is 13.5 Å². The second-order valence-corrected chi connectivity index (χ2v) is 5.33. The predicted molar refractivity (Wildman–Crippen MR) is 91.8 cm³/mol. The zero-order valence-electron chi connectivity index (χ0n) is 13.8. The Bertz CT molecular complexity index is 858. The van der Waals surface area contributed by atoms with Crippen molar-refractivity contribution in [3.05, 3.63) is 54.5 Å². The first-order valence-corrected chi connectivity index (χ1v) is 7.93. The Morgan fingerprint density at radius 3 is 2.60 bits per heavy atom. The molecule has 0 radical (unpaired) electrons. The normalized spacial score (nSPS) is 10.6. The molecule has 1 amide bonds. The summed E-state index contributed by atoms with van der Waals surface area (Å²) in [6.07, 6.45) is 3.53. The van der Waals surface area contributed by atoms with Gasteiger partial charge in [-0.3, -0.25) is 4.79 Å². The van der Waals surface area contributed by atoms with E-state index in [2.05, 4.69) is 10.3 Å². The highest BCUT2D eigenvalue weighted by atomic mass is 16.5. The van der Waals surface area contributed by atoms with Crippen LogP contribution in [0.3, 0.4) is 0 Å². The summed E-state index contributed by atoms with van der Waals surface area (Å²) in [5.74, 6) is 1.19. The molecule has 7 nitrogen and oxygen atoms in total. The Morgan fingerprint density at radius 1 is 1.20 bits per heavy atom. The van der Waals surface area contributed by atoms with Crippen LogP contribution in [0, 0.1) is 0 Å². The lowest BCUT2D eigenvalue weighted by Crippen LogP contribution is -2.28. The minimum atomic E-state index is -0.254. The molecule has 1 aromatic carbocycles. The third-order valence-electron chi connectivity index (χ3n) is 3.48. The van der Waals surface area contributed by atoms with Crippen LogP contribution in [0.25, 0.3) is 5.65 Å². The molecule has 2 aromatic heterocycles. The van der Waals surface area contributed by atoms with Gasteiger partial charge in [-0.2, -0.15) is 0 Å². The Hall–Kier alpha value is -3.22. The van der Waals surface area contributed by atoms with Crippen LogP contribution in [-0.2, 0) is 11.3 Å². The van der Waals surface area contributed by atoms with Crippen LogP contribution in [0.2, 0.25) is 0 Å². The van der Waals surface area contributed by atoms with E-state index in [1.54, 1.807) is 53.2 Å². The van der Waals surface area contributed by atoms with Gasteiger partial charge in [-0.1, -0.05) is 0 Å². The van der Waals surface area contributed by atoms with Crippen molar-refractivity contribution >= 4 is 11.6 Å². The highest BCUT2D eigenvalue weighted by molar-refractivity contribution is 5.77. The van der Waals surface area contributed by atoms with Gasteiger partial charge in [-0.25, -0.2) is 4.98 Å². The minimum Gasteiger partial charge on any atom is -0.504 e. The molecule has 0 saturated heterocycles. The van der Waals surface area contributed by atoms with Gasteiger partial charge in [0.05, 0.1) is 18.8 Å². The molecule has 130 valence electrons. The molecule has 3 aromatic rings. The molecule has 0 aliphatic rings. The van der Waals surface area contributed by atoms with Crippen LogP contribution < -0.4 is 14.8 Å². The average Bonchev–Trinajstić information content (AvgIpc) is 3.04. The Balaban J connectivity index is 1.49. The lowest BCUT2D eigenvalue weighted by Gasteiger charge is -2.08. The molecule has 25 heavy (non-hydrogen) atoms. The number of hydrogen-bond donors (Lipinski definition) is 2. The van der Waals surface area contributed by atoms with E-state index in [4.69, 9.17) is 9.47 Å². The summed E-state index contributed by atoms with van der Waals surface area (Å²) in [6.45, 7) is 2.68. The van der Waals surface area contributed by atoms with Gasteiger partial charge in [0.25, 0.3) is 5.91 Å². The minimum absolute atomic E-state index is 0.0907. The van der Waals surface area contributed by atoms with Crippen LogP contribution in [0.1, 0.15) is 12.6 Å². The molecule has 0 saturated carbocycles. The van der Waals surface area contributed by atoms with Crippen molar-refractivity contribution in [1.29, 1.82) is 0 Å². The number of imidazole rings is 1. The number of ether oxygens (including phenoxy) is 2. The van der Waals surface area contributed by atoms with Crippen molar-refractivity contribution in [2.75, 3.05) is 13.2 Å². The highest BCUT2D eigenvalue weighted by Crippen LogP contribution is 2.18. The molecule has 0 fully saturated rings. The SMILES string of the molecule is CCOc1ccc(OCC(=O)NCc2cn3cccc(O)c3n2)cc1. The zero-order valence-corrected chi connectivity index (χ0v) is 13.8. The summed E-state index contributed by atoms with van der Waals surface area (Å²) in [5, 5.41) is 12.5. The summed E-state index contributed by atoms with van der Waals surface area (Å²) >= 11 is 0. The number of carbonyl (C=O) groups excluding carboxylic acids is 1. The van der Waals surface area contributed by atoms with Crippen molar-refractivity contribution in [2.24, 2.45) is 0 Å². The maximum absolute atomic E-state index is 11.9. The first-order valence-electron chi connectivity index (χ1n) is 7.93. The van der Waals surface area contributed by atoms with Crippen molar-refractivity contribution in [3.63, 3.8) is 0 Å². The number of pyridine rings is 1. The van der Waals surface area contributed by atoms with E-state index in [-0.39, 0.29) is 24.8 Å². The molecule has 2 heterocycles. The highest BCUT2D eigenvalue weighted by Gasteiger charge is 2.08. The summed E-state index contributed by atoms with van der Waals surface area (Å²) in [4.78, 5) is 16.2. The quantitative estimate of drug-likeness (QED) is 0.688. The van der Waals surface area contributed by atoms with Crippen LogP contribution in [0.5, 0.6) is 17.2 Å². The second kappa shape index (κ2) is 7.57. The third kappa shape index (κ3) is 4.20. The van der Waals surface area contributed by atoms with Crippen LogP contribution in [0.4, 0.5) is 0 Å². The Kier molecular flexibility index (Phi) is 5.03. The molecule has 0 atom stereocenters. The smallest absolute Gasteiger partial charge is 0.258 e. The molecule has 7 heteroatoms. The second-order valence-electron chi connectivity index (χ2n) is 5.33. The van der Waals surface area contributed by atoms with Gasteiger partial charge in [0, 0.05) is 12.4 Å². The fourth-order valence-electron chi connectivity index (χ4n) is 2.32. The van der Waals surface area contributed by atoms with E-state index in [0.717, 1.165) is 5.75 Å². The Labute approximate surface area is 144 Å². The van der Waals surface area contributed by atoms with E-state index < -0.39 is 0 Å². The number of carbonyl (C=O) groups is 1. The molecule has 0 aliphatic carbocycles. The van der Waals surface area contributed by atoms with Gasteiger partial charge in [0.2, 0.25) is 0 Å². The molecule has 3 rings (SSSR count). The van der Waals surface area contributed by atoms with Crippen LogP contribution in [0.15, 0.2) is 48.8 Å². The topological polar surface area (TPSA) is 85.1 Å². The number of nitrogens with one attached hydrogen (secondary N) is 1. The standard InChI is InChI=1S/C18H19N3O4/c1-2-24-14-5-7-15(8-6-14)25-12-17(23)19-10-13-11-21-9-3-4-16(22)18(21)20-13/h3-9,11,22H,2,10,12H2,1H3,(H,19,23). The summed E-state index contributed by atoms with van der Waals surface area (Å²) in [5.41, 5.74) is 1.10. The predicted octanol–water partition coefficient (Wildman–Crippen LogP) is 2.13. The molecule has 0 aliphatic heterocycles. The number of nitrogens with zero attached hydrogens (tertiary/aromatic N) is 2. The maximum atomic E-state index is 11.9. The fraction of sp³-hybridized carbons (Fsp3) is 0.222. The number of aromatic hydroxyl groups is 1. The lowest BCUT2D eigenvalue weighted by atomic mass is 10.3. The number of hydrogen-bond acceptors (Lipinski definition) is 5. The number of fused-ring (bicyclic) bond motifs is 1. The molecule has 0 spiro atoms.